The lowest BCUT2D eigenvalue weighted by Gasteiger charge is -2.17. The van der Waals surface area contributed by atoms with Gasteiger partial charge in [-0.3, -0.25) is 9.59 Å². The molecule has 2 N–H and O–H groups in total. The first kappa shape index (κ1) is 18.4. The molecule has 5 nitrogen and oxygen atoms in total. The van der Waals surface area contributed by atoms with Crippen LogP contribution in [-0.2, 0) is 6.42 Å². The Kier molecular flexibility index (Phi) is 5.89. The quantitative estimate of drug-likeness (QED) is 0.838. The highest BCUT2D eigenvalue weighted by molar-refractivity contribution is 5.94. The number of rotatable bonds is 6. The number of hydrogen-bond acceptors (Lipinski definition) is 3. The number of likely N-dealkylation sites (tertiary alicyclic amines) is 1. The van der Waals surface area contributed by atoms with Crippen LogP contribution >= 0.6 is 0 Å². The van der Waals surface area contributed by atoms with Gasteiger partial charge in [0.05, 0.1) is 0 Å². The van der Waals surface area contributed by atoms with E-state index < -0.39 is 0 Å². The fraction of sp³-hybridized carbons (Fsp3) is 0.429. The second-order valence-electron chi connectivity index (χ2n) is 7.01. The van der Waals surface area contributed by atoms with E-state index in [-0.39, 0.29) is 11.5 Å². The number of benzene rings is 1. The van der Waals surface area contributed by atoms with Gasteiger partial charge in [0.2, 0.25) is 5.56 Å². The van der Waals surface area contributed by atoms with Gasteiger partial charge in [-0.2, -0.15) is 0 Å². The van der Waals surface area contributed by atoms with Crippen LogP contribution in [0.5, 0.6) is 0 Å². The summed E-state index contributed by atoms with van der Waals surface area (Å²) < 4.78 is 0. The van der Waals surface area contributed by atoms with Crippen LogP contribution in [-0.4, -0.2) is 42.0 Å². The molecule has 26 heavy (non-hydrogen) atoms. The maximum absolute atomic E-state index is 12.3. The lowest BCUT2D eigenvalue weighted by Crippen LogP contribution is -2.34. The second kappa shape index (κ2) is 8.32. The van der Waals surface area contributed by atoms with Gasteiger partial charge >= 0.3 is 0 Å². The number of carbonyl (C=O) groups is 1. The number of pyridine rings is 1. The Hall–Kier alpha value is -2.40. The molecule has 0 saturated carbocycles. The Labute approximate surface area is 154 Å². The number of hydrogen-bond donors (Lipinski definition) is 2. The van der Waals surface area contributed by atoms with Crippen LogP contribution in [0.25, 0.3) is 0 Å². The summed E-state index contributed by atoms with van der Waals surface area (Å²) in [5.41, 5.74) is 3.78. The van der Waals surface area contributed by atoms with Gasteiger partial charge in [0.25, 0.3) is 5.91 Å². The molecule has 0 spiro atoms. The minimum absolute atomic E-state index is 0.180. The number of amides is 1. The van der Waals surface area contributed by atoms with Gasteiger partial charge in [-0.25, -0.2) is 0 Å². The Bertz CT molecular complexity index is 828. The average Bonchev–Trinajstić information content (AvgIpc) is 3.10. The first-order valence-electron chi connectivity index (χ1n) is 9.36. The van der Waals surface area contributed by atoms with E-state index in [2.05, 4.69) is 46.4 Å². The molecule has 1 aliphatic rings. The SMILES string of the molecule is CCc1cc(C(=O)NCCN2CC[C@H](c3ccccc3C)C2)cc(=O)[nH]1. The molecule has 5 heteroatoms. The number of aromatic amines is 1. The van der Waals surface area contributed by atoms with Crippen LogP contribution in [0.2, 0.25) is 0 Å². The van der Waals surface area contributed by atoms with E-state index in [1.165, 1.54) is 17.2 Å². The number of aromatic nitrogens is 1. The smallest absolute Gasteiger partial charge is 0.251 e. The molecular weight excluding hydrogens is 326 g/mol. The van der Waals surface area contributed by atoms with Crippen molar-refractivity contribution in [3.05, 3.63) is 69.1 Å². The first-order valence-corrected chi connectivity index (χ1v) is 9.36. The third kappa shape index (κ3) is 4.41. The minimum atomic E-state index is -0.227. The topological polar surface area (TPSA) is 65.2 Å². The molecule has 2 aromatic rings. The van der Waals surface area contributed by atoms with Crippen LogP contribution in [0.15, 0.2) is 41.2 Å². The van der Waals surface area contributed by atoms with Crippen molar-refractivity contribution in [3.63, 3.8) is 0 Å². The zero-order valence-electron chi connectivity index (χ0n) is 15.5. The highest BCUT2D eigenvalue weighted by Gasteiger charge is 2.24. The van der Waals surface area contributed by atoms with Crippen LogP contribution in [0.1, 0.15) is 46.4 Å². The molecule has 1 aliphatic heterocycles. The molecule has 1 saturated heterocycles. The lowest BCUT2D eigenvalue weighted by atomic mass is 9.94. The van der Waals surface area contributed by atoms with Gasteiger partial charge < -0.3 is 15.2 Å². The Morgan fingerprint density at radius 1 is 1.31 bits per heavy atom. The van der Waals surface area contributed by atoms with Crippen molar-refractivity contribution in [1.29, 1.82) is 0 Å². The summed E-state index contributed by atoms with van der Waals surface area (Å²) in [6.45, 7) is 7.63. The average molecular weight is 353 g/mol. The summed E-state index contributed by atoms with van der Waals surface area (Å²) in [5, 5.41) is 2.94. The molecule has 1 atom stereocenters. The van der Waals surface area contributed by atoms with Crippen LogP contribution in [0, 0.1) is 6.92 Å². The zero-order chi connectivity index (χ0) is 18.5. The summed E-state index contributed by atoms with van der Waals surface area (Å²) in [7, 11) is 0. The molecule has 138 valence electrons. The standard InChI is InChI=1S/C21H27N3O2/c1-3-18-12-17(13-20(25)23-18)21(26)22-9-11-24-10-8-16(14-24)19-7-5-4-6-15(19)2/h4-7,12-13,16H,3,8-11,14H2,1-2H3,(H,22,26)(H,23,25)/t16-/m0/s1. The van der Waals surface area contributed by atoms with Crippen molar-refractivity contribution < 1.29 is 4.79 Å². The van der Waals surface area contributed by atoms with Crippen LogP contribution in [0.3, 0.4) is 0 Å². The van der Waals surface area contributed by atoms with Gasteiger partial charge in [0, 0.05) is 37.0 Å². The third-order valence-corrected chi connectivity index (χ3v) is 5.16. The van der Waals surface area contributed by atoms with Crippen molar-refractivity contribution in [1.82, 2.24) is 15.2 Å². The highest BCUT2D eigenvalue weighted by atomic mass is 16.2. The largest absolute Gasteiger partial charge is 0.351 e. The van der Waals surface area contributed by atoms with Gasteiger partial charge in [-0.05, 0) is 49.4 Å². The number of carbonyl (C=O) groups excluding carboxylic acids is 1. The molecule has 1 aromatic heterocycles. The maximum Gasteiger partial charge on any atom is 0.251 e. The van der Waals surface area contributed by atoms with Crippen molar-refractivity contribution >= 4 is 5.91 Å². The molecule has 0 radical (unpaired) electrons. The summed E-state index contributed by atoms with van der Waals surface area (Å²) in [5.74, 6) is 0.396. The van der Waals surface area contributed by atoms with E-state index in [1.54, 1.807) is 6.07 Å². The number of aryl methyl sites for hydroxylation is 2. The van der Waals surface area contributed by atoms with Gasteiger partial charge in [-0.1, -0.05) is 31.2 Å². The van der Waals surface area contributed by atoms with E-state index in [4.69, 9.17) is 0 Å². The monoisotopic (exact) mass is 353 g/mol. The number of H-pyrrole nitrogens is 1. The predicted molar refractivity (Wildman–Crippen MR) is 104 cm³/mol. The Morgan fingerprint density at radius 3 is 2.88 bits per heavy atom. The van der Waals surface area contributed by atoms with Gasteiger partial charge in [-0.15, -0.1) is 0 Å². The minimum Gasteiger partial charge on any atom is -0.351 e. The van der Waals surface area contributed by atoms with E-state index >= 15 is 0 Å². The van der Waals surface area contributed by atoms with E-state index in [0.717, 1.165) is 31.7 Å². The van der Waals surface area contributed by atoms with Crippen LogP contribution < -0.4 is 10.9 Å². The molecule has 1 aromatic carbocycles. The molecule has 2 heterocycles. The third-order valence-electron chi connectivity index (χ3n) is 5.16. The molecule has 3 rings (SSSR count). The fourth-order valence-corrected chi connectivity index (χ4v) is 3.69. The molecule has 1 fully saturated rings. The first-order chi connectivity index (χ1) is 12.6. The zero-order valence-corrected chi connectivity index (χ0v) is 15.5. The normalized spacial score (nSPS) is 17.4. The van der Waals surface area contributed by atoms with E-state index in [1.807, 2.05) is 6.92 Å². The second-order valence-corrected chi connectivity index (χ2v) is 7.01. The molecule has 1 amide bonds. The molecular formula is C21H27N3O2. The van der Waals surface area contributed by atoms with Crippen molar-refractivity contribution in [2.45, 2.75) is 32.6 Å². The number of nitrogens with one attached hydrogen (secondary N) is 2. The highest BCUT2D eigenvalue weighted by Crippen LogP contribution is 2.28. The molecule has 0 unspecified atom stereocenters. The van der Waals surface area contributed by atoms with Crippen LogP contribution in [0.4, 0.5) is 0 Å². The summed E-state index contributed by atoms with van der Waals surface area (Å²) in [4.78, 5) is 29.0. The summed E-state index contributed by atoms with van der Waals surface area (Å²) >= 11 is 0. The van der Waals surface area contributed by atoms with Gasteiger partial charge in [0.1, 0.15) is 0 Å². The molecule has 0 aliphatic carbocycles. The Balaban J connectivity index is 1.50. The van der Waals surface area contributed by atoms with Crippen molar-refractivity contribution in [3.8, 4) is 0 Å². The lowest BCUT2D eigenvalue weighted by molar-refractivity contribution is 0.0949. The number of nitrogens with zero attached hydrogens (tertiary/aromatic N) is 1. The molecule has 0 bridgehead atoms. The van der Waals surface area contributed by atoms with E-state index in [9.17, 15) is 9.59 Å². The van der Waals surface area contributed by atoms with Gasteiger partial charge in [0.15, 0.2) is 0 Å². The predicted octanol–water partition coefficient (Wildman–Crippen LogP) is 2.47. The Morgan fingerprint density at radius 2 is 2.12 bits per heavy atom. The maximum atomic E-state index is 12.3. The fourth-order valence-electron chi connectivity index (χ4n) is 3.69. The van der Waals surface area contributed by atoms with Crippen molar-refractivity contribution in [2.75, 3.05) is 26.2 Å². The summed E-state index contributed by atoms with van der Waals surface area (Å²) in [6, 6.07) is 11.7. The van der Waals surface area contributed by atoms with Crippen molar-refractivity contribution in [2.24, 2.45) is 0 Å². The summed E-state index contributed by atoms with van der Waals surface area (Å²) in [6.07, 6.45) is 1.86. The van der Waals surface area contributed by atoms with E-state index in [0.29, 0.717) is 24.4 Å².